The number of benzene rings is 1. The van der Waals surface area contributed by atoms with Gasteiger partial charge in [0.15, 0.2) is 5.69 Å². The average molecular weight is 344 g/mol. The third-order valence-electron chi connectivity index (χ3n) is 3.10. The smallest absolute Gasteiger partial charge is 0.355 e. The normalized spacial score (nSPS) is 10.5. The highest BCUT2D eigenvalue weighted by molar-refractivity contribution is 7.12. The zero-order valence-electron chi connectivity index (χ0n) is 12.4. The monoisotopic (exact) mass is 344 g/mol. The molecular weight excluding hydrogens is 332 g/mol. The van der Waals surface area contributed by atoms with Crippen molar-refractivity contribution in [1.82, 2.24) is 14.8 Å². The van der Waals surface area contributed by atoms with Crippen LogP contribution in [0.15, 0.2) is 35.7 Å². The van der Waals surface area contributed by atoms with Crippen LogP contribution in [0.4, 0.5) is 5.69 Å². The third kappa shape index (κ3) is 2.84. The van der Waals surface area contributed by atoms with Crippen LogP contribution in [0.25, 0.3) is 16.4 Å². The van der Waals surface area contributed by atoms with E-state index in [1.807, 2.05) is 6.07 Å². The van der Waals surface area contributed by atoms with E-state index in [9.17, 15) is 14.7 Å². The first-order valence-corrected chi connectivity index (χ1v) is 7.69. The van der Waals surface area contributed by atoms with Crippen LogP contribution in [0.1, 0.15) is 17.4 Å². The van der Waals surface area contributed by atoms with Crippen LogP contribution in [-0.4, -0.2) is 36.9 Å². The number of carboxylic acids is 1. The fourth-order valence-electron chi connectivity index (χ4n) is 2.09. The van der Waals surface area contributed by atoms with Gasteiger partial charge in [0, 0.05) is 17.9 Å². The summed E-state index contributed by atoms with van der Waals surface area (Å²) in [7, 11) is 0. The SMILES string of the molecule is CC(=O)Nc1c(-c2ccccc2)nn(-c2nc(C(=O)O)cs2)c1O. The summed E-state index contributed by atoms with van der Waals surface area (Å²) >= 11 is 1.02. The second-order valence-corrected chi connectivity index (χ2v) is 5.66. The van der Waals surface area contributed by atoms with Crippen LogP contribution >= 0.6 is 11.3 Å². The van der Waals surface area contributed by atoms with E-state index < -0.39 is 5.97 Å². The van der Waals surface area contributed by atoms with Crippen molar-refractivity contribution < 1.29 is 19.8 Å². The van der Waals surface area contributed by atoms with Gasteiger partial charge >= 0.3 is 5.97 Å². The van der Waals surface area contributed by atoms with E-state index in [2.05, 4.69) is 15.4 Å². The number of rotatable bonds is 4. The number of nitrogens with one attached hydrogen (secondary N) is 1. The van der Waals surface area contributed by atoms with Crippen molar-refractivity contribution in [2.75, 3.05) is 5.32 Å². The Balaban J connectivity index is 2.15. The molecule has 0 aliphatic carbocycles. The fraction of sp³-hybridized carbons (Fsp3) is 0.0667. The number of amides is 1. The van der Waals surface area contributed by atoms with Crippen LogP contribution in [-0.2, 0) is 4.79 Å². The number of nitrogens with zero attached hydrogens (tertiary/aromatic N) is 3. The van der Waals surface area contributed by atoms with E-state index in [4.69, 9.17) is 5.11 Å². The van der Waals surface area contributed by atoms with Gasteiger partial charge in [0.2, 0.25) is 16.9 Å². The zero-order valence-corrected chi connectivity index (χ0v) is 13.2. The molecule has 0 fully saturated rings. The number of hydrogen-bond acceptors (Lipinski definition) is 6. The minimum atomic E-state index is -1.17. The zero-order chi connectivity index (χ0) is 17.3. The van der Waals surface area contributed by atoms with Crippen molar-refractivity contribution in [3.05, 3.63) is 41.4 Å². The number of thiazole rings is 1. The minimum Gasteiger partial charge on any atom is -0.492 e. The van der Waals surface area contributed by atoms with Crippen LogP contribution in [0, 0.1) is 0 Å². The van der Waals surface area contributed by atoms with Crippen molar-refractivity contribution in [1.29, 1.82) is 0 Å². The Labute approximate surface area is 140 Å². The van der Waals surface area contributed by atoms with Crippen molar-refractivity contribution in [3.63, 3.8) is 0 Å². The van der Waals surface area contributed by atoms with Gasteiger partial charge in [-0.25, -0.2) is 9.78 Å². The Morgan fingerprint density at radius 2 is 1.96 bits per heavy atom. The molecule has 8 nitrogen and oxygen atoms in total. The van der Waals surface area contributed by atoms with Gasteiger partial charge in [-0.2, -0.15) is 9.78 Å². The number of aromatic carboxylic acids is 1. The summed E-state index contributed by atoms with van der Waals surface area (Å²) in [5.41, 5.74) is 1.04. The Bertz CT molecular complexity index is 917. The van der Waals surface area contributed by atoms with E-state index in [0.29, 0.717) is 11.3 Å². The quantitative estimate of drug-likeness (QED) is 0.669. The number of aromatic nitrogens is 3. The number of carbonyl (C=O) groups is 2. The summed E-state index contributed by atoms with van der Waals surface area (Å²) in [6.07, 6.45) is 0. The van der Waals surface area contributed by atoms with Gasteiger partial charge in [0.25, 0.3) is 0 Å². The number of carboxylic acid groups (broad SMARTS) is 1. The highest BCUT2D eigenvalue weighted by Gasteiger charge is 2.22. The molecule has 0 bridgehead atoms. The fourth-order valence-corrected chi connectivity index (χ4v) is 2.84. The first-order valence-electron chi connectivity index (χ1n) is 6.81. The predicted molar refractivity (Wildman–Crippen MR) is 87.6 cm³/mol. The van der Waals surface area contributed by atoms with Gasteiger partial charge in [-0.05, 0) is 0 Å². The van der Waals surface area contributed by atoms with E-state index in [0.717, 1.165) is 16.0 Å². The second-order valence-electron chi connectivity index (χ2n) is 4.83. The van der Waals surface area contributed by atoms with Gasteiger partial charge in [0.05, 0.1) is 0 Å². The van der Waals surface area contributed by atoms with Gasteiger partial charge < -0.3 is 15.5 Å². The molecule has 3 rings (SSSR count). The van der Waals surface area contributed by atoms with Crippen LogP contribution < -0.4 is 5.32 Å². The minimum absolute atomic E-state index is 0.140. The van der Waals surface area contributed by atoms with Gasteiger partial charge in [0.1, 0.15) is 11.4 Å². The highest BCUT2D eigenvalue weighted by Crippen LogP contribution is 2.37. The molecule has 0 saturated heterocycles. The maximum Gasteiger partial charge on any atom is 0.355 e. The standard InChI is InChI=1S/C15H12N4O4S/c1-8(20)16-12-11(9-5-3-2-4-6-9)18-19(13(12)21)15-17-10(7-24-15)14(22)23/h2-7,21H,1H3,(H,16,20)(H,22,23). The number of carbonyl (C=O) groups excluding carboxylic acids is 1. The maximum atomic E-state index is 11.4. The summed E-state index contributed by atoms with van der Waals surface area (Å²) in [5, 5.41) is 27.7. The molecule has 2 aromatic heterocycles. The first-order chi connectivity index (χ1) is 11.5. The molecule has 122 valence electrons. The third-order valence-corrected chi connectivity index (χ3v) is 3.92. The average Bonchev–Trinajstić information content (AvgIpc) is 3.14. The van der Waals surface area contributed by atoms with Crippen molar-refractivity contribution in [2.45, 2.75) is 6.92 Å². The molecule has 3 N–H and O–H groups in total. The molecule has 0 spiro atoms. The van der Waals surface area contributed by atoms with Gasteiger partial charge in [-0.15, -0.1) is 11.3 Å². The van der Waals surface area contributed by atoms with E-state index in [1.54, 1.807) is 24.3 Å². The van der Waals surface area contributed by atoms with E-state index in [-0.39, 0.29) is 28.3 Å². The first kappa shape index (κ1) is 15.7. The largest absolute Gasteiger partial charge is 0.492 e. The van der Waals surface area contributed by atoms with E-state index >= 15 is 0 Å². The molecule has 0 aliphatic heterocycles. The molecule has 0 aliphatic rings. The molecular formula is C15H12N4O4S. The number of anilines is 1. The lowest BCUT2D eigenvalue weighted by Gasteiger charge is -2.03. The van der Waals surface area contributed by atoms with Crippen molar-refractivity contribution >= 4 is 28.9 Å². The molecule has 2 heterocycles. The predicted octanol–water partition coefficient (Wildman–Crippen LogP) is 2.36. The summed E-state index contributed by atoms with van der Waals surface area (Å²) in [6.45, 7) is 1.32. The van der Waals surface area contributed by atoms with Gasteiger partial charge in [-0.1, -0.05) is 30.3 Å². The Morgan fingerprint density at radius 1 is 1.25 bits per heavy atom. The second kappa shape index (κ2) is 6.13. The Hall–Kier alpha value is -3.20. The van der Waals surface area contributed by atoms with Gasteiger partial charge in [-0.3, -0.25) is 4.79 Å². The van der Waals surface area contributed by atoms with E-state index in [1.165, 1.54) is 12.3 Å². The lowest BCUT2D eigenvalue weighted by Crippen LogP contribution is -2.06. The lowest BCUT2D eigenvalue weighted by atomic mass is 10.1. The maximum absolute atomic E-state index is 11.4. The Morgan fingerprint density at radius 3 is 2.54 bits per heavy atom. The summed E-state index contributed by atoms with van der Waals surface area (Å²) in [6, 6.07) is 8.99. The number of hydrogen-bond donors (Lipinski definition) is 3. The molecule has 0 unspecified atom stereocenters. The molecule has 1 aromatic carbocycles. The highest BCUT2D eigenvalue weighted by atomic mass is 32.1. The van der Waals surface area contributed by atoms with Crippen molar-refractivity contribution in [2.24, 2.45) is 0 Å². The van der Waals surface area contributed by atoms with Crippen molar-refractivity contribution in [3.8, 4) is 22.3 Å². The van der Waals surface area contributed by atoms with Crippen LogP contribution in [0.3, 0.4) is 0 Å². The molecule has 0 radical (unpaired) electrons. The molecule has 9 heteroatoms. The summed E-state index contributed by atoms with van der Waals surface area (Å²) in [5.74, 6) is -1.86. The summed E-state index contributed by atoms with van der Waals surface area (Å²) in [4.78, 5) is 26.3. The topological polar surface area (TPSA) is 117 Å². The van der Waals surface area contributed by atoms with Crippen LogP contribution in [0.2, 0.25) is 0 Å². The number of aromatic hydroxyl groups is 1. The molecule has 1 amide bonds. The summed E-state index contributed by atoms with van der Waals surface area (Å²) < 4.78 is 1.10. The molecule has 0 atom stereocenters. The Kier molecular flexibility index (Phi) is 4.00. The molecule has 3 aromatic rings. The molecule has 0 saturated carbocycles. The van der Waals surface area contributed by atoms with Crippen LogP contribution in [0.5, 0.6) is 5.88 Å². The molecule has 24 heavy (non-hydrogen) atoms. The lowest BCUT2D eigenvalue weighted by molar-refractivity contribution is -0.114.